The lowest BCUT2D eigenvalue weighted by Gasteiger charge is -2.37. The van der Waals surface area contributed by atoms with Gasteiger partial charge in [0.2, 0.25) is 0 Å². The summed E-state index contributed by atoms with van der Waals surface area (Å²) in [5.74, 6) is 1.41. The fourth-order valence-corrected chi connectivity index (χ4v) is 4.52. The molecule has 2 aliphatic rings. The van der Waals surface area contributed by atoms with Crippen LogP contribution in [0, 0.1) is 5.92 Å². The van der Waals surface area contributed by atoms with E-state index in [0.29, 0.717) is 16.6 Å². The molecule has 3 heteroatoms. The van der Waals surface area contributed by atoms with Crippen LogP contribution in [-0.2, 0) is 11.4 Å². The summed E-state index contributed by atoms with van der Waals surface area (Å²) < 4.78 is 6.68. The molecule has 1 saturated heterocycles. The van der Waals surface area contributed by atoms with Gasteiger partial charge in [0.05, 0.1) is 25.1 Å². The predicted octanol–water partition coefficient (Wildman–Crippen LogP) is 4.48. The zero-order valence-electron chi connectivity index (χ0n) is 14.4. The highest BCUT2D eigenvalue weighted by Gasteiger charge is 2.52. The maximum absolute atomic E-state index is 6.35. The van der Waals surface area contributed by atoms with Crippen LogP contribution in [0.25, 0.3) is 10.8 Å². The second-order valence-electron chi connectivity index (χ2n) is 7.33. The van der Waals surface area contributed by atoms with Crippen molar-refractivity contribution < 1.29 is 14.2 Å². The highest BCUT2D eigenvalue weighted by atomic mass is 16.7. The maximum Gasteiger partial charge on any atom is 0.157 e. The van der Waals surface area contributed by atoms with Crippen LogP contribution in [0.1, 0.15) is 17.2 Å². The lowest BCUT2D eigenvalue weighted by Crippen LogP contribution is -2.44. The van der Waals surface area contributed by atoms with E-state index in [9.17, 15) is 0 Å². The molecule has 2 aliphatic heterocycles. The summed E-state index contributed by atoms with van der Waals surface area (Å²) >= 11 is 0. The van der Waals surface area contributed by atoms with Crippen LogP contribution >= 0.6 is 0 Å². The van der Waals surface area contributed by atoms with Gasteiger partial charge in [-0.05, 0) is 16.8 Å². The Balaban J connectivity index is 1.65. The number of ether oxygens (including phenoxy) is 1. The smallest absolute Gasteiger partial charge is 0.157 e. The van der Waals surface area contributed by atoms with Crippen molar-refractivity contribution in [2.45, 2.75) is 12.6 Å². The first kappa shape index (κ1) is 14.9. The molecule has 0 N–H and O–H groups in total. The Bertz CT molecular complexity index is 924. The maximum atomic E-state index is 6.35. The molecular weight excluding hydrogens is 310 g/mol. The van der Waals surface area contributed by atoms with Gasteiger partial charge in [0.1, 0.15) is 18.9 Å². The van der Waals surface area contributed by atoms with Crippen LogP contribution in [0.2, 0.25) is 0 Å². The zero-order chi connectivity index (χ0) is 16.9. The van der Waals surface area contributed by atoms with E-state index in [-0.39, 0.29) is 0 Å². The first-order chi connectivity index (χ1) is 12.2. The molecule has 0 aliphatic carbocycles. The predicted molar refractivity (Wildman–Crippen MR) is 98.0 cm³/mol. The van der Waals surface area contributed by atoms with Gasteiger partial charge < -0.3 is 4.74 Å². The molecule has 0 bridgehead atoms. The van der Waals surface area contributed by atoms with Crippen molar-refractivity contribution in [1.29, 1.82) is 0 Å². The molecule has 25 heavy (non-hydrogen) atoms. The van der Waals surface area contributed by atoms with Crippen LogP contribution in [0.5, 0.6) is 5.75 Å². The lowest BCUT2D eigenvalue weighted by atomic mass is 9.87. The fraction of sp³-hybridized carbons (Fsp3) is 0.273. The summed E-state index contributed by atoms with van der Waals surface area (Å²) in [4.78, 5) is 6.35. The Morgan fingerprint density at radius 1 is 0.920 bits per heavy atom. The molecule has 3 nitrogen and oxygen atoms in total. The molecule has 1 fully saturated rings. The Morgan fingerprint density at radius 3 is 2.60 bits per heavy atom. The third-order valence-corrected chi connectivity index (χ3v) is 5.64. The number of quaternary nitrogens is 1. The highest BCUT2D eigenvalue weighted by Crippen LogP contribution is 2.50. The van der Waals surface area contributed by atoms with Gasteiger partial charge in [-0.3, -0.25) is 0 Å². The Morgan fingerprint density at radius 2 is 1.72 bits per heavy atom. The number of hydroxylamine groups is 3. The lowest BCUT2D eigenvalue weighted by molar-refractivity contribution is -1.11. The number of benzene rings is 3. The van der Waals surface area contributed by atoms with Gasteiger partial charge in [0.25, 0.3) is 0 Å². The first-order valence-electron chi connectivity index (χ1n) is 8.93. The molecule has 3 aromatic carbocycles. The average molecular weight is 332 g/mol. The molecular formula is C22H22NO2+. The van der Waals surface area contributed by atoms with Gasteiger partial charge in [0.15, 0.2) is 6.04 Å². The minimum absolute atomic E-state index is 0.301. The highest BCUT2D eigenvalue weighted by molar-refractivity contribution is 5.88. The van der Waals surface area contributed by atoms with Crippen molar-refractivity contribution in [2.24, 2.45) is 5.92 Å². The Labute approximate surface area is 147 Å². The van der Waals surface area contributed by atoms with Crippen LogP contribution in [-0.4, -0.2) is 24.9 Å². The summed E-state index contributed by atoms with van der Waals surface area (Å²) in [5.41, 5.74) is 2.62. The molecule has 3 aromatic rings. The number of nitrogens with zero attached hydrogens (tertiary/aromatic N) is 1. The molecule has 0 saturated carbocycles. The second kappa shape index (κ2) is 5.58. The van der Waals surface area contributed by atoms with Crippen LogP contribution in [0.3, 0.4) is 0 Å². The average Bonchev–Trinajstić information content (AvgIpc) is 2.99. The summed E-state index contributed by atoms with van der Waals surface area (Å²) in [6, 6.07) is 23.8. The van der Waals surface area contributed by atoms with Crippen molar-refractivity contribution in [3.8, 4) is 5.75 Å². The topological polar surface area (TPSA) is 18.5 Å². The minimum Gasteiger partial charge on any atom is -0.492 e. The van der Waals surface area contributed by atoms with E-state index in [1.807, 2.05) is 0 Å². The van der Waals surface area contributed by atoms with Crippen molar-refractivity contribution >= 4 is 10.8 Å². The summed E-state index contributed by atoms with van der Waals surface area (Å²) in [6.45, 7) is 2.35. The number of rotatable bonds is 2. The quantitative estimate of drug-likeness (QED) is 0.644. The van der Waals surface area contributed by atoms with Gasteiger partial charge >= 0.3 is 0 Å². The van der Waals surface area contributed by atoms with E-state index in [4.69, 9.17) is 9.57 Å². The Hall–Kier alpha value is -2.36. The summed E-state index contributed by atoms with van der Waals surface area (Å²) in [5, 5.41) is 2.56. The third kappa shape index (κ3) is 2.35. The van der Waals surface area contributed by atoms with Crippen LogP contribution < -0.4 is 4.74 Å². The Kier molecular flexibility index (Phi) is 3.34. The van der Waals surface area contributed by atoms with Gasteiger partial charge in [-0.2, -0.15) is 4.65 Å². The van der Waals surface area contributed by atoms with E-state index in [0.717, 1.165) is 25.5 Å². The molecule has 3 unspecified atom stereocenters. The van der Waals surface area contributed by atoms with Gasteiger partial charge in [0, 0.05) is 5.56 Å². The zero-order valence-corrected chi connectivity index (χ0v) is 14.4. The number of hydrogen-bond donors (Lipinski definition) is 0. The monoisotopic (exact) mass is 332 g/mol. The second-order valence-corrected chi connectivity index (χ2v) is 7.33. The normalized spacial score (nSPS) is 27.6. The molecule has 0 amide bonds. The standard InChI is InChI=1S/C22H22NO2/c1-23(13-16-7-3-2-4-8-16)22-18(15-25-23)14-24-20-12-11-17-9-5-6-10-19(17)21(20)22/h2-12,18,22H,13-15H2,1H3/q+1. The summed E-state index contributed by atoms with van der Waals surface area (Å²) in [7, 11) is 2.22. The van der Waals surface area contributed by atoms with E-state index in [1.165, 1.54) is 21.9 Å². The van der Waals surface area contributed by atoms with E-state index in [2.05, 4.69) is 73.8 Å². The van der Waals surface area contributed by atoms with Crippen molar-refractivity contribution in [1.82, 2.24) is 0 Å². The van der Waals surface area contributed by atoms with Crippen molar-refractivity contribution in [3.63, 3.8) is 0 Å². The molecule has 3 atom stereocenters. The largest absolute Gasteiger partial charge is 0.492 e. The van der Waals surface area contributed by atoms with Gasteiger partial charge in [-0.1, -0.05) is 60.7 Å². The molecule has 0 aromatic heterocycles. The van der Waals surface area contributed by atoms with Crippen molar-refractivity contribution in [3.05, 3.63) is 77.9 Å². The fourth-order valence-electron chi connectivity index (χ4n) is 4.52. The minimum atomic E-state index is 0.301. The number of hydrogen-bond acceptors (Lipinski definition) is 2. The molecule has 0 radical (unpaired) electrons. The van der Waals surface area contributed by atoms with E-state index in [1.54, 1.807) is 0 Å². The van der Waals surface area contributed by atoms with Crippen molar-refractivity contribution in [2.75, 3.05) is 20.3 Å². The molecule has 2 heterocycles. The molecule has 5 rings (SSSR count). The van der Waals surface area contributed by atoms with Crippen LogP contribution in [0.15, 0.2) is 66.7 Å². The van der Waals surface area contributed by atoms with E-state index < -0.39 is 0 Å². The summed E-state index contributed by atoms with van der Waals surface area (Å²) in [6.07, 6.45) is 0. The molecule has 126 valence electrons. The third-order valence-electron chi connectivity index (χ3n) is 5.64. The van der Waals surface area contributed by atoms with Gasteiger partial charge in [-0.25, -0.2) is 4.84 Å². The van der Waals surface area contributed by atoms with E-state index >= 15 is 0 Å². The molecule has 0 spiro atoms. The number of fused-ring (bicyclic) bond motifs is 5. The first-order valence-corrected chi connectivity index (χ1v) is 8.93. The van der Waals surface area contributed by atoms with Gasteiger partial charge in [-0.15, -0.1) is 0 Å². The SMILES string of the molecule is C[N+]1(Cc2ccccc2)OCC2COc3ccc4ccccc4c3C21. The van der Waals surface area contributed by atoms with Crippen LogP contribution in [0.4, 0.5) is 0 Å².